The number of hydrogen-bond acceptors (Lipinski definition) is 3. The Bertz CT molecular complexity index is 664. The van der Waals surface area contributed by atoms with Crippen molar-refractivity contribution >= 4 is 6.16 Å². The zero-order valence-corrected chi connectivity index (χ0v) is 13.8. The minimum absolute atomic E-state index is 0.0675. The van der Waals surface area contributed by atoms with Gasteiger partial charge in [0.2, 0.25) is 0 Å². The Morgan fingerprint density at radius 3 is 2.09 bits per heavy atom. The molecule has 0 amide bonds. The average Bonchev–Trinajstić information content (AvgIpc) is 2.41. The van der Waals surface area contributed by atoms with Crippen molar-refractivity contribution in [1.82, 2.24) is 0 Å². The Hall–Kier alpha value is -2.29. The smallest absolute Gasteiger partial charge is 0.395 e. The molecule has 0 N–H and O–H groups in total. The van der Waals surface area contributed by atoms with E-state index in [-0.39, 0.29) is 5.41 Å². The van der Waals surface area contributed by atoms with Crippen LogP contribution in [0.4, 0.5) is 4.79 Å². The number of carbonyl (C=O) groups excluding carboxylic acids is 1. The predicted octanol–water partition coefficient (Wildman–Crippen LogP) is 5.18. The first-order valence-corrected chi connectivity index (χ1v) is 7.33. The molecule has 0 saturated heterocycles. The standard InChI is InChI=1S/C19H22O3/c1-13-6-11-17(14(2)12-13)22-18(20)21-16-9-7-15(8-10-16)19(3,4)5/h6-12H,1-5H3. The molecule has 0 radical (unpaired) electrons. The van der Waals surface area contributed by atoms with Crippen LogP contribution in [0, 0.1) is 13.8 Å². The Morgan fingerprint density at radius 1 is 0.909 bits per heavy atom. The molecule has 0 fully saturated rings. The molecule has 3 heteroatoms. The van der Waals surface area contributed by atoms with Crippen LogP contribution in [0.25, 0.3) is 0 Å². The summed E-state index contributed by atoms with van der Waals surface area (Å²) in [5.74, 6) is 0.990. The predicted molar refractivity (Wildman–Crippen MR) is 87.7 cm³/mol. The van der Waals surface area contributed by atoms with Crippen molar-refractivity contribution in [3.63, 3.8) is 0 Å². The molecule has 3 nitrogen and oxygen atoms in total. The number of rotatable bonds is 2. The highest BCUT2D eigenvalue weighted by Crippen LogP contribution is 2.25. The molecule has 2 aromatic carbocycles. The first-order chi connectivity index (χ1) is 10.3. The molecular formula is C19H22O3. The van der Waals surface area contributed by atoms with Crippen LogP contribution >= 0.6 is 0 Å². The second kappa shape index (κ2) is 6.22. The van der Waals surface area contributed by atoms with E-state index in [9.17, 15) is 4.79 Å². The van der Waals surface area contributed by atoms with Gasteiger partial charge in [-0.15, -0.1) is 0 Å². The van der Waals surface area contributed by atoms with Gasteiger partial charge in [-0.2, -0.15) is 0 Å². The first-order valence-electron chi connectivity index (χ1n) is 7.33. The highest BCUT2D eigenvalue weighted by atomic mass is 16.7. The van der Waals surface area contributed by atoms with Gasteiger partial charge in [0.1, 0.15) is 11.5 Å². The van der Waals surface area contributed by atoms with Crippen molar-refractivity contribution in [2.24, 2.45) is 0 Å². The zero-order chi connectivity index (χ0) is 16.3. The lowest BCUT2D eigenvalue weighted by atomic mass is 9.87. The normalized spacial score (nSPS) is 11.1. The summed E-state index contributed by atoms with van der Waals surface area (Å²) in [5, 5.41) is 0. The van der Waals surface area contributed by atoms with Gasteiger partial charge in [0.15, 0.2) is 0 Å². The first kappa shape index (κ1) is 16.1. The van der Waals surface area contributed by atoms with Crippen LogP contribution in [0.15, 0.2) is 42.5 Å². The largest absolute Gasteiger partial charge is 0.519 e. The van der Waals surface area contributed by atoms with Crippen molar-refractivity contribution in [1.29, 1.82) is 0 Å². The molecule has 0 bridgehead atoms. The van der Waals surface area contributed by atoms with Gasteiger partial charge in [0.05, 0.1) is 0 Å². The maximum Gasteiger partial charge on any atom is 0.519 e. The molecule has 22 heavy (non-hydrogen) atoms. The highest BCUT2D eigenvalue weighted by Gasteiger charge is 2.14. The molecule has 0 aliphatic heterocycles. The molecule has 2 aromatic rings. The summed E-state index contributed by atoms with van der Waals surface area (Å²) < 4.78 is 10.5. The summed E-state index contributed by atoms with van der Waals surface area (Å²) in [7, 11) is 0. The molecule has 0 aliphatic carbocycles. The fraction of sp³-hybridized carbons (Fsp3) is 0.316. The molecule has 116 valence electrons. The number of ether oxygens (including phenoxy) is 2. The molecular weight excluding hydrogens is 276 g/mol. The lowest BCUT2D eigenvalue weighted by Crippen LogP contribution is -2.15. The van der Waals surface area contributed by atoms with Crippen LogP contribution in [0.2, 0.25) is 0 Å². The molecule has 0 aromatic heterocycles. The average molecular weight is 298 g/mol. The Balaban J connectivity index is 2.03. The highest BCUT2D eigenvalue weighted by molar-refractivity contribution is 5.67. The maximum absolute atomic E-state index is 11.9. The third-order valence-electron chi connectivity index (χ3n) is 3.45. The van der Waals surface area contributed by atoms with Gasteiger partial charge in [0.25, 0.3) is 0 Å². The van der Waals surface area contributed by atoms with E-state index in [1.54, 1.807) is 18.2 Å². The summed E-state index contributed by atoms with van der Waals surface area (Å²) in [4.78, 5) is 11.9. The number of benzene rings is 2. The Morgan fingerprint density at radius 2 is 1.55 bits per heavy atom. The van der Waals surface area contributed by atoms with Gasteiger partial charge in [-0.05, 0) is 48.6 Å². The molecule has 2 rings (SSSR count). The molecule has 0 atom stereocenters. The Kier molecular flexibility index (Phi) is 4.55. The minimum Gasteiger partial charge on any atom is -0.395 e. The van der Waals surface area contributed by atoms with Crippen molar-refractivity contribution < 1.29 is 14.3 Å². The van der Waals surface area contributed by atoms with Crippen molar-refractivity contribution in [2.45, 2.75) is 40.0 Å². The van der Waals surface area contributed by atoms with Crippen LogP contribution in [0.5, 0.6) is 11.5 Å². The fourth-order valence-corrected chi connectivity index (χ4v) is 2.14. The quantitative estimate of drug-likeness (QED) is 0.566. The molecule has 0 aliphatic rings. The van der Waals surface area contributed by atoms with Gasteiger partial charge in [-0.1, -0.05) is 50.6 Å². The third kappa shape index (κ3) is 4.10. The Labute approximate surface area is 131 Å². The van der Waals surface area contributed by atoms with Gasteiger partial charge in [-0.3, -0.25) is 0 Å². The second-order valence-corrected chi connectivity index (χ2v) is 6.50. The van der Waals surface area contributed by atoms with E-state index in [1.165, 1.54) is 5.56 Å². The maximum atomic E-state index is 11.9. The summed E-state index contributed by atoms with van der Waals surface area (Å²) >= 11 is 0. The third-order valence-corrected chi connectivity index (χ3v) is 3.45. The van der Waals surface area contributed by atoms with Crippen molar-refractivity contribution in [2.75, 3.05) is 0 Å². The van der Waals surface area contributed by atoms with Gasteiger partial charge >= 0.3 is 6.16 Å². The summed E-state index contributed by atoms with van der Waals surface area (Å²) in [6.45, 7) is 10.3. The lowest BCUT2D eigenvalue weighted by molar-refractivity contribution is 0.151. The summed E-state index contributed by atoms with van der Waals surface area (Å²) in [5.41, 5.74) is 3.27. The zero-order valence-electron chi connectivity index (χ0n) is 13.8. The van der Waals surface area contributed by atoms with E-state index in [0.29, 0.717) is 11.5 Å². The molecule has 0 saturated carbocycles. The number of carbonyl (C=O) groups is 1. The molecule has 0 spiro atoms. The SMILES string of the molecule is Cc1ccc(OC(=O)Oc2ccc(C(C)(C)C)cc2)c(C)c1. The topological polar surface area (TPSA) is 35.5 Å². The van der Waals surface area contributed by atoms with Gasteiger partial charge in [-0.25, -0.2) is 4.79 Å². The van der Waals surface area contributed by atoms with Gasteiger partial charge in [0, 0.05) is 0 Å². The van der Waals surface area contributed by atoms with Crippen molar-refractivity contribution in [3.8, 4) is 11.5 Å². The number of aryl methyl sites for hydroxylation is 2. The summed E-state index contributed by atoms with van der Waals surface area (Å²) in [6, 6.07) is 13.1. The second-order valence-electron chi connectivity index (χ2n) is 6.50. The minimum atomic E-state index is -0.726. The monoisotopic (exact) mass is 298 g/mol. The lowest BCUT2D eigenvalue weighted by Gasteiger charge is -2.18. The summed E-state index contributed by atoms with van der Waals surface area (Å²) in [6.07, 6.45) is -0.726. The van der Waals surface area contributed by atoms with E-state index >= 15 is 0 Å². The van der Waals surface area contributed by atoms with E-state index in [1.807, 2.05) is 38.1 Å². The molecule has 0 heterocycles. The number of hydrogen-bond donors (Lipinski definition) is 0. The fourth-order valence-electron chi connectivity index (χ4n) is 2.14. The van der Waals surface area contributed by atoms with E-state index in [2.05, 4.69) is 20.8 Å². The van der Waals surface area contributed by atoms with Crippen LogP contribution in [-0.4, -0.2) is 6.16 Å². The van der Waals surface area contributed by atoms with Crippen LogP contribution in [0.3, 0.4) is 0 Å². The van der Waals surface area contributed by atoms with Gasteiger partial charge < -0.3 is 9.47 Å². The van der Waals surface area contributed by atoms with E-state index in [0.717, 1.165) is 11.1 Å². The van der Waals surface area contributed by atoms with E-state index < -0.39 is 6.16 Å². The van der Waals surface area contributed by atoms with E-state index in [4.69, 9.17) is 9.47 Å². The molecule has 0 unspecified atom stereocenters. The van der Waals surface area contributed by atoms with Crippen molar-refractivity contribution in [3.05, 3.63) is 59.2 Å². The van der Waals surface area contributed by atoms with Crippen LogP contribution in [-0.2, 0) is 5.41 Å². The van der Waals surface area contributed by atoms with Crippen LogP contribution < -0.4 is 9.47 Å². The van der Waals surface area contributed by atoms with Crippen LogP contribution in [0.1, 0.15) is 37.5 Å².